The zero-order valence-electron chi connectivity index (χ0n) is 12.3. The largest absolute Gasteiger partial charge is 0.333 e. The van der Waals surface area contributed by atoms with Gasteiger partial charge in [0.05, 0.1) is 12.0 Å². The lowest BCUT2D eigenvalue weighted by molar-refractivity contribution is 0.369. The zero-order chi connectivity index (χ0) is 13.2. The molecule has 18 heavy (non-hydrogen) atoms. The van der Waals surface area contributed by atoms with E-state index in [0.29, 0.717) is 5.41 Å². The third-order valence-corrected chi connectivity index (χ3v) is 3.84. The molecule has 0 atom stereocenters. The summed E-state index contributed by atoms with van der Waals surface area (Å²) in [7, 11) is 0. The average molecular weight is 249 g/mol. The van der Waals surface area contributed by atoms with Crippen molar-refractivity contribution in [2.75, 3.05) is 0 Å². The lowest BCUT2D eigenvalue weighted by atomic mass is 10.0. The highest BCUT2D eigenvalue weighted by Crippen LogP contribution is 2.51. The fraction of sp³-hybridized carbons (Fsp3) is 0.800. The van der Waals surface area contributed by atoms with Gasteiger partial charge >= 0.3 is 0 Å². The molecular formula is C15H27N3. The van der Waals surface area contributed by atoms with Gasteiger partial charge in [0.15, 0.2) is 0 Å². The van der Waals surface area contributed by atoms with Crippen molar-refractivity contribution >= 4 is 0 Å². The molecule has 1 aliphatic carbocycles. The fourth-order valence-electron chi connectivity index (χ4n) is 2.55. The summed E-state index contributed by atoms with van der Waals surface area (Å²) in [6.07, 6.45) is 9.44. The van der Waals surface area contributed by atoms with Crippen molar-refractivity contribution in [2.45, 2.75) is 72.0 Å². The summed E-state index contributed by atoms with van der Waals surface area (Å²) in [4.78, 5) is 4.32. The Hall–Kier alpha value is -0.830. The van der Waals surface area contributed by atoms with E-state index in [9.17, 15) is 0 Å². The highest BCUT2D eigenvalue weighted by molar-refractivity contribution is 5.02. The summed E-state index contributed by atoms with van der Waals surface area (Å²) in [6, 6.07) is 0. The standard InChI is InChI=1S/C15H27N3/c1-5-6-15(7-8-15)11-18-12-16-9-13(18)10-17-14(2,3)4/h9,12,17H,5-8,10-11H2,1-4H3. The van der Waals surface area contributed by atoms with Gasteiger partial charge in [0.25, 0.3) is 0 Å². The Morgan fingerprint density at radius 3 is 2.67 bits per heavy atom. The molecule has 0 radical (unpaired) electrons. The number of nitrogens with one attached hydrogen (secondary N) is 1. The first kappa shape index (κ1) is 13.6. The summed E-state index contributed by atoms with van der Waals surface area (Å²) in [6.45, 7) is 11.0. The molecule has 0 aliphatic heterocycles. The number of nitrogens with zero attached hydrogens (tertiary/aromatic N) is 2. The highest BCUT2D eigenvalue weighted by Gasteiger charge is 2.41. The molecule has 1 heterocycles. The Bertz CT molecular complexity index is 383. The van der Waals surface area contributed by atoms with Crippen LogP contribution in [-0.2, 0) is 13.1 Å². The average Bonchev–Trinajstić information content (AvgIpc) is 2.87. The topological polar surface area (TPSA) is 29.9 Å². The molecule has 0 aromatic carbocycles. The summed E-state index contributed by atoms with van der Waals surface area (Å²) in [5.74, 6) is 0. The van der Waals surface area contributed by atoms with Crippen LogP contribution in [0.25, 0.3) is 0 Å². The quantitative estimate of drug-likeness (QED) is 0.838. The molecule has 0 amide bonds. The maximum Gasteiger partial charge on any atom is 0.0948 e. The molecule has 1 N–H and O–H groups in total. The first-order valence-corrected chi connectivity index (χ1v) is 7.18. The molecule has 0 bridgehead atoms. The molecular weight excluding hydrogens is 222 g/mol. The molecule has 2 rings (SSSR count). The predicted molar refractivity (Wildman–Crippen MR) is 75.4 cm³/mol. The van der Waals surface area contributed by atoms with Gasteiger partial charge in [0.1, 0.15) is 0 Å². The number of hydrogen-bond acceptors (Lipinski definition) is 2. The van der Waals surface area contributed by atoms with E-state index in [-0.39, 0.29) is 5.54 Å². The van der Waals surface area contributed by atoms with Crippen molar-refractivity contribution < 1.29 is 0 Å². The van der Waals surface area contributed by atoms with Crippen LogP contribution in [0.3, 0.4) is 0 Å². The fourth-order valence-corrected chi connectivity index (χ4v) is 2.55. The number of rotatable bonds is 6. The minimum Gasteiger partial charge on any atom is -0.333 e. The van der Waals surface area contributed by atoms with Crippen LogP contribution in [0.15, 0.2) is 12.5 Å². The van der Waals surface area contributed by atoms with Gasteiger partial charge in [-0.25, -0.2) is 4.98 Å². The Kier molecular flexibility index (Phi) is 3.81. The van der Waals surface area contributed by atoms with E-state index in [1.54, 1.807) is 0 Å². The van der Waals surface area contributed by atoms with Gasteiger partial charge in [-0.3, -0.25) is 0 Å². The molecule has 1 saturated carbocycles. The Morgan fingerprint density at radius 1 is 1.39 bits per heavy atom. The molecule has 0 unspecified atom stereocenters. The smallest absolute Gasteiger partial charge is 0.0948 e. The molecule has 1 aliphatic rings. The molecule has 0 spiro atoms. The van der Waals surface area contributed by atoms with Crippen LogP contribution < -0.4 is 5.32 Å². The molecule has 0 saturated heterocycles. The van der Waals surface area contributed by atoms with Crippen LogP contribution in [-0.4, -0.2) is 15.1 Å². The van der Waals surface area contributed by atoms with E-state index in [0.717, 1.165) is 13.1 Å². The van der Waals surface area contributed by atoms with Crippen molar-refractivity contribution in [3.8, 4) is 0 Å². The summed E-state index contributed by atoms with van der Waals surface area (Å²) in [5, 5.41) is 3.54. The van der Waals surface area contributed by atoms with Gasteiger partial charge in [-0.2, -0.15) is 0 Å². The van der Waals surface area contributed by atoms with Gasteiger partial charge in [-0.05, 0) is 45.4 Å². The predicted octanol–water partition coefficient (Wildman–Crippen LogP) is 3.35. The van der Waals surface area contributed by atoms with Gasteiger partial charge in [0.2, 0.25) is 0 Å². The van der Waals surface area contributed by atoms with E-state index in [4.69, 9.17) is 0 Å². The van der Waals surface area contributed by atoms with E-state index in [1.165, 1.54) is 31.4 Å². The normalized spacial score (nSPS) is 18.0. The van der Waals surface area contributed by atoms with Gasteiger partial charge < -0.3 is 9.88 Å². The molecule has 3 nitrogen and oxygen atoms in total. The molecule has 3 heteroatoms. The number of imidazole rings is 1. The molecule has 1 aromatic rings. The van der Waals surface area contributed by atoms with Crippen LogP contribution in [0.2, 0.25) is 0 Å². The van der Waals surface area contributed by atoms with Gasteiger partial charge in [0, 0.05) is 24.8 Å². The van der Waals surface area contributed by atoms with E-state index < -0.39 is 0 Å². The van der Waals surface area contributed by atoms with Crippen LogP contribution in [0, 0.1) is 5.41 Å². The third-order valence-electron chi connectivity index (χ3n) is 3.84. The number of hydrogen-bond donors (Lipinski definition) is 1. The summed E-state index contributed by atoms with van der Waals surface area (Å²) in [5.41, 5.74) is 2.06. The van der Waals surface area contributed by atoms with Crippen molar-refractivity contribution in [3.05, 3.63) is 18.2 Å². The monoisotopic (exact) mass is 249 g/mol. The Morgan fingerprint density at radius 2 is 2.11 bits per heavy atom. The lowest BCUT2D eigenvalue weighted by Crippen LogP contribution is -2.35. The van der Waals surface area contributed by atoms with Gasteiger partial charge in [-0.15, -0.1) is 0 Å². The lowest BCUT2D eigenvalue weighted by Gasteiger charge is -2.22. The second kappa shape index (κ2) is 5.04. The third kappa shape index (κ3) is 3.58. The molecule has 1 aromatic heterocycles. The van der Waals surface area contributed by atoms with E-state index in [2.05, 4.69) is 42.6 Å². The van der Waals surface area contributed by atoms with Gasteiger partial charge in [-0.1, -0.05) is 13.3 Å². The van der Waals surface area contributed by atoms with Crippen molar-refractivity contribution in [2.24, 2.45) is 5.41 Å². The Labute approximate surface area is 111 Å². The zero-order valence-corrected chi connectivity index (χ0v) is 12.3. The first-order valence-electron chi connectivity index (χ1n) is 7.18. The maximum absolute atomic E-state index is 4.32. The maximum atomic E-state index is 4.32. The van der Waals surface area contributed by atoms with Crippen molar-refractivity contribution in [3.63, 3.8) is 0 Å². The molecule has 102 valence electrons. The minimum atomic E-state index is 0.162. The number of aromatic nitrogens is 2. The molecule has 1 fully saturated rings. The highest BCUT2D eigenvalue weighted by atomic mass is 15.1. The van der Waals surface area contributed by atoms with Crippen LogP contribution in [0.1, 0.15) is 59.1 Å². The van der Waals surface area contributed by atoms with E-state index >= 15 is 0 Å². The minimum absolute atomic E-state index is 0.162. The van der Waals surface area contributed by atoms with Crippen LogP contribution in [0.4, 0.5) is 0 Å². The van der Waals surface area contributed by atoms with Crippen molar-refractivity contribution in [1.29, 1.82) is 0 Å². The summed E-state index contributed by atoms with van der Waals surface area (Å²) < 4.78 is 2.35. The van der Waals surface area contributed by atoms with Crippen molar-refractivity contribution in [1.82, 2.24) is 14.9 Å². The van der Waals surface area contributed by atoms with Crippen LogP contribution in [0.5, 0.6) is 0 Å². The summed E-state index contributed by atoms with van der Waals surface area (Å²) >= 11 is 0. The first-order chi connectivity index (χ1) is 8.44. The second-order valence-electron chi connectivity index (χ2n) is 6.87. The Balaban J connectivity index is 1.96. The van der Waals surface area contributed by atoms with E-state index in [1.807, 2.05) is 12.5 Å². The SMILES string of the molecule is CCCC1(Cn2cncc2CNC(C)(C)C)CC1. The van der Waals surface area contributed by atoms with Crippen LogP contribution >= 0.6 is 0 Å². The second-order valence-corrected chi connectivity index (χ2v) is 6.87.